The Morgan fingerprint density at radius 3 is 2.50 bits per heavy atom. The maximum absolute atomic E-state index is 8.51. The van der Waals surface area contributed by atoms with E-state index in [4.69, 9.17) is 14.7 Å². The third-order valence-corrected chi connectivity index (χ3v) is 3.94. The molecule has 4 nitrogen and oxygen atoms in total. The molecule has 0 aliphatic carbocycles. The number of aryl methyl sites for hydroxylation is 1. The van der Waals surface area contributed by atoms with Crippen molar-refractivity contribution >= 4 is 22.1 Å². The van der Waals surface area contributed by atoms with Gasteiger partial charge >= 0.3 is 0 Å². The lowest BCUT2D eigenvalue weighted by molar-refractivity contribution is 0.215. The smallest absolute Gasteiger partial charge is 0.133 e. The summed E-state index contributed by atoms with van der Waals surface area (Å²) in [7, 11) is 0. The van der Waals surface area contributed by atoms with Crippen LogP contribution in [0.15, 0.2) is 46.0 Å². The number of rotatable bonds is 6. The predicted molar refractivity (Wildman–Crippen MR) is 90.4 cm³/mol. The molecule has 0 saturated carbocycles. The average molecular weight is 364 g/mol. The number of benzene rings is 2. The molecule has 2 aromatic rings. The Hall–Kier alpha value is -2.01. The molecule has 0 aliphatic rings. The Morgan fingerprint density at radius 1 is 1.09 bits per heavy atom. The highest BCUT2D eigenvalue weighted by Crippen LogP contribution is 2.25. The molecular weight excluding hydrogens is 346 g/mol. The summed E-state index contributed by atoms with van der Waals surface area (Å²) in [5.74, 6) is 1.61. The Labute approximate surface area is 138 Å². The maximum Gasteiger partial charge on any atom is 0.133 e. The molecule has 0 atom stereocenters. The Morgan fingerprint density at radius 2 is 1.82 bits per heavy atom. The van der Waals surface area contributed by atoms with Crippen LogP contribution in [0.5, 0.6) is 11.5 Å². The van der Waals surface area contributed by atoms with Gasteiger partial charge in [-0.3, -0.25) is 0 Å². The van der Waals surface area contributed by atoms with Gasteiger partial charge in [0.15, 0.2) is 0 Å². The first-order valence-corrected chi connectivity index (χ1v) is 7.70. The van der Waals surface area contributed by atoms with E-state index in [-0.39, 0.29) is 0 Å². The van der Waals surface area contributed by atoms with Crippen molar-refractivity contribution in [3.8, 4) is 11.5 Å². The van der Waals surface area contributed by atoms with Crippen LogP contribution < -0.4 is 9.47 Å². The van der Waals surface area contributed by atoms with Crippen LogP contribution in [-0.4, -0.2) is 24.6 Å². The fourth-order valence-electron chi connectivity index (χ4n) is 1.96. The number of halogens is 1. The Balaban J connectivity index is 1.87. The number of hydrogen-bond acceptors (Lipinski definition) is 4. The summed E-state index contributed by atoms with van der Waals surface area (Å²) in [5, 5.41) is 11.5. The van der Waals surface area contributed by atoms with Crippen molar-refractivity contribution in [2.45, 2.75) is 13.8 Å². The third-order valence-electron chi connectivity index (χ3n) is 3.32. The highest BCUT2D eigenvalue weighted by molar-refractivity contribution is 9.10. The van der Waals surface area contributed by atoms with E-state index in [1.807, 2.05) is 37.3 Å². The molecule has 0 spiro atoms. The number of oxime groups is 1. The predicted octanol–water partition coefficient (Wildman–Crippen LogP) is 4.33. The van der Waals surface area contributed by atoms with Gasteiger partial charge in [-0.15, -0.1) is 0 Å². The molecule has 2 aromatic carbocycles. The summed E-state index contributed by atoms with van der Waals surface area (Å²) >= 11 is 3.43. The largest absolute Gasteiger partial charge is 0.490 e. The van der Waals surface area contributed by atoms with Crippen LogP contribution in [0.2, 0.25) is 0 Å². The first-order chi connectivity index (χ1) is 10.6. The minimum Gasteiger partial charge on any atom is -0.490 e. The van der Waals surface area contributed by atoms with Gasteiger partial charge in [-0.25, -0.2) is 0 Å². The molecule has 0 radical (unpaired) electrons. The first-order valence-electron chi connectivity index (χ1n) is 6.90. The second-order valence-corrected chi connectivity index (χ2v) is 5.68. The van der Waals surface area contributed by atoms with Crippen molar-refractivity contribution in [2.75, 3.05) is 13.2 Å². The van der Waals surface area contributed by atoms with Crippen LogP contribution >= 0.6 is 15.9 Å². The standard InChI is InChI=1S/C17H18BrNO3/c1-12-4-3-5-16(13(12)2)21-8-9-22-17-7-6-14(11-19-20)10-15(17)18/h3-7,10-11,20H,8-9H2,1-2H3. The van der Waals surface area contributed by atoms with Crippen LogP contribution in [0.25, 0.3) is 0 Å². The summed E-state index contributed by atoms with van der Waals surface area (Å²) in [6, 6.07) is 11.5. The molecule has 0 fully saturated rings. The minimum atomic E-state index is 0.444. The number of hydrogen-bond donors (Lipinski definition) is 1. The van der Waals surface area contributed by atoms with Gasteiger partial charge in [0.05, 0.1) is 10.7 Å². The fourth-order valence-corrected chi connectivity index (χ4v) is 2.48. The van der Waals surface area contributed by atoms with E-state index in [9.17, 15) is 0 Å². The van der Waals surface area contributed by atoms with Crippen LogP contribution in [0.4, 0.5) is 0 Å². The third kappa shape index (κ3) is 4.24. The zero-order valence-corrected chi connectivity index (χ0v) is 14.1. The van der Waals surface area contributed by atoms with Gasteiger partial charge in [0.1, 0.15) is 24.7 Å². The second kappa shape index (κ2) is 7.84. The van der Waals surface area contributed by atoms with Gasteiger partial charge in [-0.05, 0) is 70.7 Å². The summed E-state index contributed by atoms with van der Waals surface area (Å²) in [4.78, 5) is 0. The maximum atomic E-state index is 8.51. The lowest BCUT2D eigenvalue weighted by Gasteiger charge is -2.12. The molecular formula is C17H18BrNO3. The molecule has 5 heteroatoms. The van der Waals surface area contributed by atoms with Crippen LogP contribution in [0.3, 0.4) is 0 Å². The number of ether oxygens (including phenoxy) is 2. The zero-order valence-electron chi connectivity index (χ0n) is 12.5. The van der Waals surface area contributed by atoms with E-state index < -0.39 is 0 Å². The monoisotopic (exact) mass is 363 g/mol. The second-order valence-electron chi connectivity index (χ2n) is 4.83. The molecule has 2 rings (SSSR count). The van der Waals surface area contributed by atoms with E-state index in [2.05, 4.69) is 34.1 Å². The van der Waals surface area contributed by atoms with Gasteiger partial charge in [-0.2, -0.15) is 0 Å². The van der Waals surface area contributed by atoms with Crippen molar-refractivity contribution in [3.63, 3.8) is 0 Å². The van der Waals surface area contributed by atoms with Gasteiger partial charge in [0.2, 0.25) is 0 Å². The van der Waals surface area contributed by atoms with E-state index in [1.165, 1.54) is 11.8 Å². The lowest BCUT2D eigenvalue weighted by atomic mass is 10.1. The zero-order chi connectivity index (χ0) is 15.9. The van der Waals surface area contributed by atoms with Gasteiger partial charge in [0, 0.05) is 0 Å². The topological polar surface area (TPSA) is 51.0 Å². The highest BCUT2D eigenvalue weighted by Gasteiger charge is 2.04. The van der Waals surface area contributed by atoms with Gasteiger partial charge in [0.25, 0.3) is 0 Å². The molecule has 0 heterocycles. The Kier molecular flexibility index (Phi) is 5.83. The molecule has 1 N–H and O–H groups in total. The normalized spacial score (nSPS) is 10.9. The first kappa shape index (κ1) is 16.4. The van der Waals surface area contributed by atoms with Crippen molar-refractivity contribution in [1.82, 2.24) is 0 Å². The average Bonchev–Trinajstić information content (AvgIpc) is 2.50. The molecule has 0 unspecified atom stereocenters. The molecule has 0 bridgehead atoms. The quantitative estimate of drug-likeness (QED) is 0.359. The van der Waals surface area contributed by atoms with Crippen LogP contribution in [-0.2, 0) is 0 Å². The summed E-state index contributed by atoms with van der Waals surface area (Å²) in [6.45, 7) is 5.02. The summed E-state index contributed by atoms with van der Waals surface area (Å²) < 4.78 is 12.2. The van der Waals surface area contributed by atoms with E-state index in [0.717, 1.165) is 27.1 Å². The minimum absolute atomic E-state index is 0.444. The summed E-state index contributed by atoms with van der Waals surface area (Å²) in [5.41, 5.74) is 3.15. The lowest BCUT2D eigenvalue weighted by Crippen LogP contribution is -2.10. The Bertz CT molecular complexity index is 671. The van der Waals surface area contributed by atoms with E-state index in [0.29, 0.717) is 13.2 Å². The van der Waals surface area contributed by atoms with Crippen LogP contribution in [0.1, 0.15) is 16.7 Å². The fraction of sp³-hybridized carbons (Fsp3) is 0.235. The highest BCUT2D eigenvalue weighted by atomic mass is 79.9. The van der Waals surface area contributed by atoms with Gasteiger partial charge in [-0.1, -0.05) is 17.3 Å². The number of nitrogens with zero attached hydrogens (tertiary/aromatic N) is 1. The summed E-state index contributed by atoms with van der Waals surface area (Å²) in [6.07, 6.45) is 1.36. The molecule has 22 heavy (non-hydrogen) atoms. The molecule has 0 amide bonds. The molecule has 0 saturated heterocycles. The van der Waals surface area contributed by atoms with E-state index >= 15 is 0 Å². The molecule has 0 aromatic heterocycles. The molecule has 116 valence electrons. The van der Waals surface area contributed by atoms with Crippen LogP contribution in [0, 0.1) is 13.8 Å². The van der Waals surface area contributed by atoms with E-state index in [1.54, 1.807) is 0 Å². The molecule has 0 aliphatic heterocycles. The van der Waals surface area contributed by atoms with Gasteiger partial charge < -0.3 is 14.7 Å². The van der Waals surface area contributed by atoms with Crippen molar-refractivity contribution in [1.29, 1.82) is 0 Å². The van der Waals surface area contributed by atoms with Crippen molar-refractivity contribution in [2.24, 2.45) is 5.16 Å². The van der Waals surface area contributed by atoms with Crippen molar-refractivity contribution in [3.05, 3.63) is 57.6 Å². The van der Waals surface area contributed by atoms with Crippen molar-refractivity contribution < 1.29 is 14.7 Å². The SMILES string of the molecule is Cc1cccc(OCCOc2ccc(C=NO)cc2Br)c1C.